The summed E-state index contributed by atoms with van der Waals surface area (Å²) in [5.41, 5.74) is 7.81. The lowest BCUT2D eigenvalue weighted by molar-refractivity contribution is 0.0995. The quantitative estimate of drug-likeness (QED) is 0.767. The molecule has 2 heterocycles. The highest BCUT2D eigenvalue weighted by Crippen LogP contribution is 2.26. The molecule has 2 aromatic heterocycles. The number of nitrogens with zero attached hydrogens (tertiary/aromatic N) is 2. The number of fused-ring (bicyclic) bond motifs is 1. The van der Waals surface area contributed by atoms with E-state index < -0.39 is 11.8 Å². The molecule has 0 atom stereocenters. The molecule has 0 saturated heterocycles. The molecule has 7 nitrogen and oxygen atoms in total. The summed E-state index contributed by atoms with van der Waals surface area (Å²) >= 11 is 0. The first-order valence-corrected chi connectivity index (χ1v) is 7.23. The third kappa shape index (κ3) is 2.79. The summed E-state index contributed by atoms with van der Waals surface area (Å²) in [6.07, 6.45) is 1.66. The van der Waals surface area contributed by atoms with E-state index in [1.54, 1.807) is 12.3 Å². The number of benzene rings is 1. The number of primary amides is 1. The van der Waals surface area contributed by atoms with Crippen molar-refractivity contribution in [2.45, 2.75) is 6.92 Å². The summed E-state index contributed by atoms with van der Waals surface area (Å²) in [6, 6.07) is 10.2. The van der Waals surface area contributed by atoms with E-state index in [9.17, 15) is 9.59 Å². The second-order valence-corrected chi connectivity index (χ2v) is 5.25. The zero-order chi connectivity index (χ0) is 17.3. The van der Waals surface area contributed by atoms with Crippen molar-refractivity contribution in [1.82, 2.24) is 9.38 Å². The maximum atomic E-state index is 12.5. The number of methoxy groups -OCH3 is 1. The zero-order valence-electron chi connectivity index (χ0n) is 13.2. The van der Waals surface area contributed by atoms with Gasteiger partial charge in [-0.25, -0.2) is 4.98 Å². The van der Waals surface area contributed by atoms with E-state index >= 15 is 0 Å². The third-order valence-corrected chi connectivity index (χ3v) is 3.66. The molecule has 0 radical (unpaired) electrons. The van der Waals surface area contributed by atoms with Crippen LogP contribution in [0.2, 0.25) is 0 Å². The van der Waals surface area contributed by atoms with Crippen molar-refractivity contribution < 1.29 is 14.3 Å². The monoisotopic (exact) mass is 324 g/mol. The van der Waals surface area contributed by atoms with Crippen molar-refractivity contribution in [3.05, 3.63) is 59.5 Å². The van der Waals surface area contributed by atoms with E-state index in [0.29, 0.717) is 17.1 Å². The normalized spacial score (nSPS) is 10.6. The maximum absolute atomic E-state index is 12.5. The number of rotatable bonds is 4. The fourth-order valence-electron chi connectivity index (χ4n) is 2.40. The summed E-state index contributed by atoms with van der Waals surface area (Å²) in [5, 5.41) is 2.71. The summed E-state index contributed by atoms with van der Waals surface area (Å²) in [5.74, 6) is -0.567. The van der Waals surface area contributed by atoms with E-state index in [0.717, 1.165) is 5.69 Å². The Morgan fingerprint density at radius 2 is 2.04 bits per heavy atom. The van der Waals surface area contributed by atoms with E-state index in [1.165, 1.54) is 19.2 Å². The molecule has 3 rings (SSSR count). The van der Waals surface area contributed by atoms with Gasteiger partial charge in [-0.05, 0) is 37.3 Å². The van der Waals surface area contributed by atoms with Crippen LogP contribution in [0.15, 0.2) is 42.6 Å². The van der Waals surface area contributed by atoms with Gasteiger partial charge in [-0.15, -0.1) is 0 Å². The van der Waals surface area contributed by atoms with Gasteiger partial charge in [0.1, 0.15) is 17.1 Å². The second kappa shape index (κ2) is 6.04. The average Bonchev–Trinajstić information content (AvgIpc) is 3.00. The van der Waals surface area contributed by atoms with Gasteiger partial charge in [-0.2, -0.15) is 0 Å². The second-order valence-electron chi connectivity index (χ2n) is 5.25. The number of hydrogen-bond donors (Lipinski definition) is 2. The van der Waals surface area contributed by atoms with Gasteiger partial charge < -0.3 is 20.2 Å². The largest absolute Gasteiger partial charge is 0.495 e. The van der Waals surface area contributed by atoms with Crippen LogP contribution in [-0.4, -0.2) is 28.3 Å². The summed E-state index contributed by atoms with van der Waals surface area (Å²) in [4.78, 5) is 28.1. The van der Waals surface area contributed by atoms with Gasteiger partial charge in [0.05, 0.1) is 12.8 Å². The molecule has 3 N–H and O–H groups in total. The number of carbonyl (C=O) groups excluding carboxylic acids is 2. The highest BCUT2D eigenvalue weighted by Gasteiger charge is 2.15. The molecule has 3 aromatic rings. The van der Waals surface area contributed by atoms with Crippen molar-refractivity contribution in [2.24, 2.45) is 5.73 Å². The number of nitrogens with two attached hydrogens (primary N) is 1. The molecule has 0 aliphatic carbocycles. The Kier molecular flexibility index (Phi) is 3.91. The molecule has 0 aliphatic heterocycles. The van der Waals surface area contributed by atoms with Gasteiger partial charge in [-0.1, -0.05) is 6.07 Å². The Bertz CT molecular complexity index is 946. The van der Waals surface area contributed by atoms with E-state index in [2.05, 4.69) is 10.3 Å². The van der Waals surface area contributed by atoms with Crippen LogP contribution in [0.25, 0.3) is 5.65 Å². The van der Waals surface area contributed by atoms with E-state index in [4.69, 9.17) is 10.5 Å². The van der Waals surface area contributed by atoms with Crippen LogP contribution in [0.5, 0.6) is 5.75 Å². The fourth-order valence-corrected chi connectivity index (χ4v) is 2.40. The van der Waals surface area contributed by atoms with Crippen LogP contribution in [0.4, 0.5) is 5.69 Å². The lowest BCUT2D eigenvalue weighted by atomic mass is 10.1. The van der Waals surface area contributed by atoms with Crippen molar-refractivity contribution in [3.63, 3.8) is 0 Å². The third-order valence-electron chi connectivity index (χ3n) is 3.66. The van der Waals surface area contributed by atoms with Crippen LogP contribution in [0.1, 0.15) is 26.5 Å². The minimum Gasteiger partial charge on any atom is -0.495 e. The lowest BCUT2D eigenvalue weighted by Gasteiger charge is -2.10. The van der Waals surface area contributed by atoms with Gasteiger partial charge in [0.25, 0.3) is 5.91 Å². The molecule has 0 spiro atoms. The first-order chi connectivity index (χ1) is 11.5. The number of carbonyl (C=O) groups is 2. The first-order valence-electron chi connectivity index (χ1n) is 7.23. The van der Waals surface area contributed by atoms with Crippen LogP contribution in [0, 0.1) is 6.92 Å². The molecule has 0 aliphatic rings. The molecule has 7 heteroatoms. The summed E-state index contributed by atoms with van der Waals surface area (Å²) in [6.45, 7) is 1.93. The van der Waals surface area contributed by atoms with Crippen LogP contribution < -0.4 is 15.8 Å². The number of hydrogen-bond acceptors (Lipinski definition) is 4. The van der Waals surface area contributed by atoms with Gasteiger partial charge >= 0.3 is 0 Å². The van der Waals surface area contributed by atoms with Gasteiger partial charge in [-0.3, -0.25) is 9.59 Å². The zero-order valence-corrected chi connectivity index (χ0v) is 13.2. The van der Waals surface area contributed by atoms with Crippen molar-refractivity contribution >= 4 is 23.1 Å². The Morgan fingerprint density at radius 1 is 1.25 bits per heavy atom. The van der Waals surface area contributed by atoms with Crippen molar-refractivity contribution in [2.75, 3.05) is 12.4 Å². The number of nitrogens with one attached hydrogen (secondary N) is 1. The summed E-state index contributed by atoms with van der Waals surface area (Å²) in [7, 11) is 1.48. The average molecular weight is 324 g/mol. The molecule has 24 heavy (non-hydrogen) atoms. The number of ether oxygens (including phenoxy) is 1. The lowest BCUT2D eigenvalue weighted by Crippen LogP contribution is -2.15. The standard InChI is InChI=1S/C17H16N4O3/c1-10-4-3-5-15-19-13(9-21(10)15)17(23)20-12-8-11(16(18)22)6-7-14(12)24-2/h3-9H,1-2H3,(H2,18,22)(H,20,23). The highest BCUT2D eigenvalue weighted by atomic mass is 16.5. The van der Waals surface area contributed by atoms with Crippen molar-refractivity contribution in [3.8, 4) is 5.75 Å². The molecular weight excluding hydrogens is 308 g/mol. The number of pyridine rings is 1. The maximum Gasteiger partial charge on any atom is 0.275 e. The molecule has 2 amide bonds. The number of imidazole rings is 1. The van der Waals surface area contributed by atoms with E-state index in [1.807, 2.05) is 29.5 Å². The van der Waals surface area contributed by atoms with Crippen LogP contribution in [-0.2, 0) is 0 Å². The van der Waals surface area contributed by atoms with Gasteiger partial charge in [0.2, 0.25) is 5.91 Å². The Hall–Kier alpha value is -3.35. The Morgan fingerprint density at radius 3 is 2.71 bits per heavy atom. The predicted molar refractivity (Wildman–Crippen MR) is 89.4 cm³/mol. The Labute approximate surface area is 138 Å². The van der Waals surface area contributed by atoms with E-state index in [-0.39, 0.29) is 11.3 Å². The summed E-state index contributed by atoms with van der Waals surface area (Å²) < 4.78 is 7.03. The Balaban J connectivity index is 1.94. The molecule has 0 fully saturated rings. The smallest absolute Gasteiger partial charge is 0.275 e. The number of aryl methyl sites for hydroxylation is 1. The topological polar surface area (TPSA) is 98.7 Å². The first kappa shape index (κ1) is 15.5. The fraction of sp³-hybridized carbons (Fsp3) is 0.118. The molecule has 122 valence electrons. The van der Waals surface area contributed by atoms with Crippen molar-refractivity contribution in [1.29, 1.82) is 0 Å². The minimum absolute atomic E-state index is 0.260. The number of anilines is 1. The SMILES string of the molecule is COc1ccc(C(N)=O)cc1NC(=O)c1cn2c(C)cccc2n1. The van der Waals surface area contributed by atoms with Gasteiger partial charge in [0.15, 0.2) is 0 Å². The van der Waals surface area contributed by atoms with Crippen LogP contribution >= 0.6 is 0 Å². The molecule has 0 bridgehead atoms. The van der Waals surface area contributed by atoms with Gasteiger partial charge in [0, 0.05) is 17.5 Å². The molecular formula is C17H16N4O3. The molecule has 1 aromatic carbocycles. The predicted octanol–water partition coefficient (Wildman–Crippen LogP) is 2.00. The molecule has 0 saturated carbocycles. The number of aromatic nitrogens is 2. The minimum atomic E-state index is -0.587. The van der Waals surface area contributed by atoms with Crippen LogP contribution in [0.3, 0.4) is 0 Å². The molecule has 0 unspecified atom stereocenters. The highest BCUT2D eigenvalue weighted by molar-refractivity contribution is 6.05. The number of amides is 2.